The monoisotopic (exact) mass is 543 g/mol. The Morgan fingerprint density at radius 1 is 1.26 bits per heavy atom. The summed E-state index contributed by atoms with van der Waals surface area (Å²) in [6.07, 6.45) is 3.36. The Balaban J connectivity index is 0.00000341. The molecule has 0 bridgehead atoms. The van der Waals surface area contributed by atoms with Crippen LogP contribution in [0.1, 0.15) is 58.6 Å². The maximum Gasteiger partial charge on any atom is 0.408 e. The number of hydrogen-bond acceptors (Lipinski definition) is 4. The fourth-order valence-corrected chi connectivity index (χ4v) is 4.05. The number of carbonyl (C=O) groups excluding carboxylic acids is 1. The Hall–Kier alpha value is -1.55. The van der Waals surface area contributed by atoms with E-state index in [9.17, 15) is 4.79 Å². The Labute approximate surface area is 203 Å². The van der Waals surface area contributed by atoms with Crippen LogP contribution in [-0.4, -0.2) is 60.8 Å². The van der Waals surface area contributed by atoms with Crippen LogP contribution in [0.5, 0.6) is 0 Å². The fraction of sp³-hybridized carbons (Fsp3) is 0.652. The first kappa shape index (κ1) is 25.7. The van der Waals surface area contributed by atoms with Gasteiger partial charge in [-0.3, -0.25) is 9.89 Å². The number of guanidine groups is 1. The predicted octanol–water partition coefficient (Wildman–Crippen LogP) is 3.66. The lowest BCUT2D eigenvalue weighted by Crippen LogP contribution is -2.47. The molecule has 0 radical (unpaired) electrons. The topological polar surface area (TPSA) is 78.0 Å². The second kappa shape index (κ2) is 11.4. The zero-order chi connectivity index (χ0) is 21.7. The summed E-state index contributed by atoms with van der Waals surface area (Å²) in [5.74, 6) is 0.761. The minimum absolute atomic E-state index is 0. The quantitative estimate of drug-likeness (QED) is 0.290. The van der Waals surface area contributed by atoms with E-state index in [1.54, 1.807) is 7.05 Å². The minimum atomic E-state index is -0.539. The number of carbonyl (C=O) groups is 1. The molecule has 7 nitrogen and oxygen atoms in total. The number of hydrogen-bond donors (Lipinski definition) is 3. The van der Waals surface area contributed by atoms with Crippen LogP contribution in [0.3, 0.4) is 0 Å². The van der Waals surface area contributed by atoms with Gasteiger partial charge in [0.15, 0.2) is 5.96 Å². The molecule has 1 aliphatic carbocycles. The highest BCUT2D eigenvalue weighted by Crippen LogP contribution is 2.33. The van der Waals surface area contributed by atoms with E-state index >= 15 is 0 Å². The third kappa shape index (κ3) is 8.14. The molecule has 1 aliphatic heterocycles. The molecule has 2 aliphatic rings. The molecule has 2 fully saturated rings. The van der Waals surface area contributed by atoms with Gasteiger partial charge in [-0.1, -0.05) is 30.3 Å². The number of halogens is 1. The van der Waals surface area contributed by atoms with Gasteiger partial charge in [0, 0.05) is 38.3 Å². The Morgan fingerprint density at radius 2 is 1.94 bits per heavy atom. The summed E-state index contributed by atoms with van der Waals surface area (Å²) >= 11 is 0. The fourth-order valence-electron chi connectivity index (χ4n) is 4.05. The summed E-state index contributed by atoms with van der Waals surface area (Å²) in [4.78, 5) is 19.4. The van der Waals surface area contributed by atoms with E-state index in [0.29, 0.717) is 18.6 Å². The van der Waals surface area contributed by atoms with E-state index < -0.39 is 11.7 Å². The highest BCUT2D eigenvalue weighted by molar-refractivity contribution is 14.0. The zero-order valence-corrected chi connectivity index (χ0v) is 21.7. The molecule has 1 aromatic rings. The summed E-state index contributed by atoms with van der Waals surface area (Å²) < 4.78 is 5.45. The molecular weight excluding hydrogens is 505 g/mol. The number of rotatable bonds is 6. The van der Waals surface area contributed by atoms with Crippen molar-refractivity contribution in [2.24, 2.45) is 4.99 Å². The molecule has 1 aromatic carbocycles. The highest BCUT2D eigenvalue weighted by Gasteiger charge is 2.39. The second-order valence-corrected chi connectivity index (χ2v) is 9.42. The smallest absolute Gasteiger partial charge is 0.408 e. The lowest BCUT2D eigenvalue weighted by atomic mass is 10.1. The van der Waals surface area contributed by atoms with E-state index in [4.69, 9.17) is 4.74 Å². The normalized spacial score (nSPS) is 22.9. The van der Waals surface area contributed by atoms with Gasteiger partial charge in [0.2, 0.25) is 0 Å². The first-order valence-electron chi connectivity index (χ1n) is 11.0. The van der Waals surface area contributed by atoms with Crippen LogP contribution >= 0.6 is 24.0 Å². The molecule has 3 N–H and O–H groups in total. The summed E-state index contributed by atoms with van der Waals surface area (Å²) in [5.41, 5.74) is 0.476. The van der Waals surface area contributed by atoms with E-state index in [0.717, 1.165) is 30.5 Å². The molecule has 1 saturated heterocycles. The summed E-state index contributed by atoms with van der Waals surface area (Å²) in [7, 11) is 1.78. The summed E-state index contributed by atoms with van der Waals surface area (Å²) in [5, 5.41) is 9.93. The van der Waals surface area contributed by atoms with E-state index in [1.165, 1.54) is 12.8 Å². The second-order valence-electron chi connectivity index (χ2n) is 9.42. The van der Waals surface area contributed by atoms with Gasteiger partial charge in [-0.15, -0.1) is 24.0 Å². The Bertz CT molecular complexity index is 733. The van der Waals surface area contributed by atoms with Crippen molar-refractivity contribution in [1.29, 1.82) is 0 Å². The van der Waals surface area contributed by atoms with Crippen molar-refractivity contribution in [3.8, 4) is 0 Å². The molecule has 1 amide bonds. The molecule has 0 spiro atoms. The first-order valence-corrected chi connectivity index (χ1v) is 11.0. The van der Waals surface area contributed by atoms with Gasteiger partial charge in [-0.25, -0.2) is 4.79 Å². The van der Waals surface area contributed by atoms with Crippen molar-refractivity contribution >= 4 is 36.0 Å². The van der Waals surface area contributed by atoms with Crippen LogP contribution in [0.25, 0.3) is 0 Å². The number of likely N-dealkylation sites (tertiary alicyclic amines) is 1. The van der Waals surface area contributed by atoms with Gasteiger partial charge in [-0.05, 0) is 52.5 Å². The molecule has 3 unspecified atom stereocenters. The van der Waals surface area contributed by atoms with Crippen LogP contribution in [0.15, 0.2) is 35.3 Å². The maximum absolute atomic E-state index is 12.4. The molecule has 31 heavy (non-hydrogen) atoms. The number of aliphatic imine (C=N–C) groups is 1. The average Bonchev–Trinajstić information content (AvgIpc) is 3.46. The lowest BCUT2D eigenvalue weighted by molar-refractivity contribution is 0.0504. The van der Waals surface area contributed by atoms with Crippen molar-refractivity contribution < 1.29 is 9.53 Å². The van der Waals surface area contributed by atoms with Crippen molar-refractivity contribution in [3.63, 3.8) is 0 Å². The third-order valence-electron chi connectivity index (χ3n) is 5.57. The molecule has 1 heterocycles. The average molecular weight is 543 g/mol. The van der Waals surface area contributed by atoms with Crippen LogP contribution in [0.2, 0.25) is 0 Å². The van der Waals surface area contributed by atoms with Gasteiger partial charge in [0.05, 0.1) is 6.04 Å². The SMILES string of the molecule is CN=C(NCC(NC(=O)OC(C)(C)C)c1ccccc1)NC1CC(C)N(C2CC2)C1.I. The van der Waals surface area contributed by atoms with Gasteiger partial charge < -0.3 is 20.7 Å². The molecule has 0 aromatic heterocycles. The maximum atomic E-state index is 12.4. The molecule has 3 rings (SSSR count). The third-order valence-corrected chi connectivity index (χ3v) is 5.57. The Kier molecular flexibility index (Phi) is 9.42. The number of nitrogens with one attached hydrogen (secondary N) is 3. The lowest BCUT2D eigenvalue weighted by Gasteiger charge is -2.25. The predicted molar refractivity (Wildman–Crippen MR) is 136 cm³/mol. The summed E-state index contributed by atoms with van der Waals surface area (Å²) in [6, 6.07) is 11.5. The number of benzene rings is 1. The van der Waals surface area contributed by atoms with Gasteiger partial charge >= 0.3 is 6.09 Å². The van der Waals surface area contributed by atoms with E-state index in [2.05, 4.69) is 32.8 Å². The van der Waals surface area contributed by atoms with Crippen molar-refractivity contribution in [3.05, 3.63) is 35.9 Å². The molecular formula is C23H38IN5O2. The summed E-state index contributed by atoms with van der Waals surface area (Å²) in [6.45, 7) is 9.47. The van der Waals surface area contributed by atoms with Gasteiger partial charge in [-0.2, -0.15) is 0 Å². The molecule has 174 valence electrons. The van der Waals surface area contributed by atoms with Gasteiger partial charge in [0.1, 0.15) is 5.60 Å². The van der Waals surface area contributed by atoms with Crippen molar-refractivity contribution in [2.45, 2.75) is 76.7 Å². The number of alkyl carbamates (subject to hydrolysis) is 1. The van der Waals surface area contributed by atoms with E-state index in [1.807, 2.05) is 51.1 Å². The van der Waals surface area contributed by atoms with E-state index in [-0.39, 0.29) is 30.0 Å². The van der Waals surface area contributed by atoms with Crippen LogP contribution in [0.4, 0.5) is 4.79 Å². The van der Waals surface area contributed by atoms with Crippen LogP contribution in [-0.2, 0) is 4.74 Å². The van der Waals surface area contributed by atoms with Crippen LogP contribution < -0.4 is 16.0 Å². The van der Waals surface area contributed by atoms with Crippen molar-refractivity contribution in [2.75, 3.05) is 20.1 Å². The molecule has 3 atom stereocenters. The molecule has 8 heteroatoms. The standard InChI is InChI=1S/C23H37N5O2.HI/c1-16-13-18(15-28(16)19-11-12-19)26-21(24-5)25-14-20(17-9-7-6-8-10-17)27-22(29)30-23(2,3)4;/h6-10,16,18-20H,11-15H2,1-5H3,(H,27,29)(H2,24,25,26);1H. The van der Waals surface area contributed by atoms with Crippen molar-refractivity contribution in [1.82, 2.24) is 20.9 Å². The number of ether oxygens (including phenoxy) is 1. The highest BCUT2D eigenvalue weighted by atomic mass is 127. The van der Waals surface area contributed by atoms with Crippen LogP contribution in [0, 0.1) is 0 Å². The number of amides is 1. The zero-order valence-electron chi connectivity index (χ0n) is 19.4. The van der Waals surface area contributed by atoms with Gasteiger partial charge in [0.25, 0.3) is 0 Å². The number of nitrogens with zero attached hydrogens (tertiary/aromatic N) is 2. The first-order chi connectivity index (χ1) is 14.2. The minimum Gasteiger partial charge on any atom is -0.444 e. The Morgan fingerprint density at radius 3 is 2.52 bits per heavy atom. The largest absolute Gasteiger partial charge is 0.444 e. The molecule has 1 saturated carbocycles.